The molecule has 0 atom stereocenters. The molecule has 0 radical (unpaired) electrons. The van der Waals surface area contributed by atoms with E-state index in [1.807, 2.05) is 0 Å². The molecule has 112 valence electrons. The highest BCUT2D eigenvalue weighted by molar-refractivity contribution is 5.55. The van der Waals surface area contributed by atoms with E-state index in [4.69, 9.17) is 0 Å². The van der Waals surface area contributed by atoms with Gasteiger partial charge in [-0.25, -0.2) is 0 Å². The molecule has 1 N–H and O–H groups in total. The van der Waals surface area contributed by atoms with Crippen LogP contribution in [0, 0.1) is 0 Å². The number of alkyl halides is 6. The molecule has 7 heteroatoms. The number of rotatable bonds is 3. The monoisotopic (exact) mass is 297 g/mol. The first-order valence-corrected chi connectivity index (χ1v) is 5.65. The summed E-state index contributed by atoms with van der Waals surface area (Å²) in [6.45, 7) is 1.99. The van der Waals surface area contributed by atoms with Crippen molar-refractivity contribution in [1.29, 1.82) is 0 Å². The van der Waals surface area contributed by atoms with E-state index in [0.717, 1.165) is 0 Å². The third-order valence-corrected chi connectivity index (χ3v) is 2.48. The van der Waals surface area contributed by atoms with Gasteiger partial charge in [-0.15, -0.1) is 0 Å². The Morgan fingerprint density at radius 2 is 1.45 bits per heavy atom. The third-order valence-electron chi connectivity index (χ3n) is 2.48. The van der Waals surface area contributed by atoms with Crippen LogP contribution in [-0.2, 0) is 12.4 Å². The zero-order valence-electron chi connectivity index (χ0n) is 10.8. The molecule has 0 unspecified atom stereocenters. The van der Waals surface area contributed by atoms with Gasteiger partial charge >= 0.3 is 12.4 Å². The van der Waals surface area contributed by atoms with Crippen molar-refractivity contribution in [3.63, 3.8) is 0 Å². The van der Waals surface area contributed by atoms with Crippen molar-refractivity contribution in [3.8, 4) is 0 Å². The van der Waals surface area contributed by atoms with Gasteiger partial charge in [-0.2, -0.15) is 26.3 Å². The van der Waals surface area contributed by atoms with Gasteiger partial charge in [0.1, 0.15) is 0 Å². The predicted molar refractivity (Wildman–Crippen MR) is 64.0 cm³/mol. The SMILES string of the molecule is CNCC(C)=Cc1cc(C(F)(F)F)cc(C(F)(F)F)c1. The zero-order valence-corrected chi connectivity index (χ0v) is 10.8. The molecule has 0 heterocycles. The van der Waals surface area contributed by atoms with Crippen molar-refractivity contribution >= 4 is 6.08 Å². The fraction of sp³-hybridized carbons (Fsp3) is 0.385. The molecule has 0 amide bonds. The Hall–Kier alpha value is -1.50. The van der Waals surface area contributed by atoms with Crippen LogP contribution in [-0.4, -0.2) is 13.6 Å². The van der Waals surface area contributed by atoms with Gasteiger partial charge in [0.2, 0.25) is 0 Å². The molecule has 20 heavy (non-hydrogen) atoms. The average molecular weight is 297 g/mol. The molecule has 0 aromatic heterocycles. The molecule has 1 aromatic carbocycles. The van der Waals surface area contributed by atoms with Gasteiger partial charge < -0.3 is 5.32 Å². The van der Waals surface area contributed by atoms with Crippen LogP contribution in [0.25, 0.3) is 6.08 Å². The molecule has 0 aliphatic heterocycles. The fourth-order valence-corrected chi connectivity index (χ4v) is 1.68. The van der Waals surface area contributed by atoms with Gasteiger partial charge in [-0.1, -0.05) is 11.6 Å². The van der Waals surface area contributed by atoms with Gasteiger partial charge in [0.15, 0.2) is 0 Å². The van der Waals surface area contributed by atoms with Crippen LogP contribution in [0.1, 0.15) is 23.6 Å². The highest BCUT2D eigenvalue weighted by Gasteiger charge is 2.36. The van der Waals surface area contributed by atoms with Crippen LogP contribution in [0.3, 0.4) is 0 Å². The molecule has 0 fully saturated rings. The van der Waals surface area contributed by atoms with Gasteiger partial charge in [0.05, 0.1) is 11.1 Å². The molecule has 0 saturated carbocycles. The second-order valence-corrected chi connectivity index (χ2v) is 4.36. The molecule has 1 aromatic rings. The topological polar surface area (TPSA) is 12.0 Å². The number of benzene rings is 1. The number of nitrogens with one attached hydrogen (secondary N) is 1. The van der Waals surface area contributed by atoms with Crippen LogP contribution in [0.4, 0.5) is 26.3 Å². The minimum atomic E-state index is -4.82. The van der Waals surface area contributed by atoms with Crippen molar-refractivity contribution in [3.05, 3.63) is 40.5 Å². The van der Waals surface area contributed by atoms with Crippen molar-refractivity contribution in [1.82, 2.24) is 5.32 Å². The molecule has 0 aliphatic carbocycles. The fourth-order valence-electron chi connectivity index (χ4n) is 1.68. The van der Waals surface area contributed by atoms with Crippen LogP contribution in [0.2, 0.25) is 0 Å². The van der Waals surface area contributed by atoms with E-state index in [2.05, 4.69) is 5.32 Å². The van der Waals surface area contributed by atoms with E-state index in [1.54, 1.807) is 14.0 Å². The van der Waals surface area contributed by atoms with E-state index in [0.29, 0.717) is 24.3 Å². The van der Waals surface area contributed by atoms with Crippen LogP contribution in [0.5, 0.6) is 0 Å². The highest BCUT2D eigenvalue weighted by atomic mass is 19.4. The molecule has 1 nitrogen and oxygen atoms in total. The quantitative estimate of drug-likeness (QED) is 0.818. The molecule has 1 rings (SSSR count). The lowest BCUT2D eigenvalue weighted by atomic mass is 10.0. The maximum Gasteiger partial charge on any atom is 0.416 e. The number of hydrogen-bond donors (Lipinski definition) is 1. The molecule has 0 spiro atoms. The summed E-state index contributed by atoms with van der Waals surface area (Å²) in [5, 5.41) is 2.76. The Morgan fingerprint density at radius 1 is 1.00 bits per heavy atom. The van der Waals surface area contributed by atoms with Crippen molar-refractivity contribution in [2.75, 3.05) is 13.6 Å². The van der Waals surface area contributed by atoms with E-state index >= 15 is 0 Å². The largest absolute Gasteiger partial charge is 0.416 e. The lowest BCUT2D eigenvalue weighted by Crippen LogP contribution is -2.11. The molecule has 0 bridgehead atoms. The van der Waals surface area contributed by atoms with E-state index in [-0.39, 0.29) is 11.6 Å². The zero-order chi connectivity index (χ0) is 15.6. The van der Waals surface area contributed by atoms with Gasteiger partial charge in [0, 0.05) is 6.54 Å². The molecule has 0 saturated heterocycles. The Labute approximate surface area is 112 Å². The molecular weight excluding hydrogens is 284 g/mol. The smallest absolute Gasteiger partial charge is 0.316 e. The molecule has 0 aliphatic rings. The Bertz CT molecular complexity index is 466. The highest BCUT2D eigenvalue weighted by Crippen LogP contribution is 2.36. The summed E-state index contributed by atoms with van der Waals surface area (Å²) in [4.78, 5) is 0. The first-order valence-electron chi connectivity index (χ1n) is 5.65. The maximum absolute atomic E-state index is 12.6. The maximum atomic E-state index is 12.6. The summed E-state index contributed by atoms with van der Waals surface area (Å²) in [5.41, 5.74) is -2.12. The van der Waals surface area contributed by atoms with E-state index in [1.165, 1.54) is 6.08 Å². The van der Waals surface area contributed by atoms with Crippen molar-refractivity contribution in [2.45, 2.75) is 19.3 Å². The minimum absolute atomic E-state index is 0.116. The standard InChI is InChI=1S/C13H13F6N/c1-8(7-20-2)3-9-4-10(12(14,15)16)6-11(5-9)13(17,18)19/h3-6,20H,7H2,1-2H3. The summed E-state index contributed by atoms with van der Waals surface area (Å²) in [6.07, 6.45) is -8.34. The van der Waals surface area contributed by atoms with E-state index in [9.17, 15) is 26.3 Å². The lowest BCUT2D eigenvalue weighted by molar-refractivity contribution is -0.143. The van der Waals surface area contributed by atoms with Crippen molar-refractivity contribution in [2.24, 2.45) is 0 Å². The number of likely N-dealkylation sites (N-methyl/N-ethyl adjacent to an activating group) is 1. The van der Waals surface area contributed by atoms with Crippen LogP contribution < -0.4 is 5.32 Å². The third kappa shape index (κ3) is 4.56. The predicted octanol–water partition coefficient (Wildman–Crippen LogP) is 4.35. The average Bonchev–Trinajstić information content (AvgIpc) is 2.26. The Balaban J connectivity index is 3.35. The van der Waals surface area contributed by atoms with Crippen molar-refractivity contribution < 1.29 is 26.3 Å². The summed E-state index contributed by atoms with van der Waals surface area (Å²) in [7, 11) is 1.63. The van der Waals surface area contributed by atoms with Gasteiger partial charge in [-0.05, 0) is 37.7 Å². The minimum Gasteiger partial charge on any atom is -0.316 e. The van der Waals surface area contributed by atoms with Gasteiger partial charge in [0.25, 0.3) is 0 Å². The van der Waals surface area contributed by atoms with Crippen LogP contribution >= 0.6 is 0 Å². The first-order chi connectivity index (χ1) is 9.04. The first kappa shape index (κ1) is 16.6. The number of halogens is 6. The Kier molecular flexibility index (Phi) is 4.86. The normalized spacial score (nSPS) is 13.7. The summed E-state index contributed by atoms with van der Waals surface area (Å²) >= 11 is 0. The van der Waals surface area contributed by atoms with E-state index < -0.39 is 23.5 Å². The molecular formula is C13H13F6N. The van der Waals surface area contributed by atoms with Crippen LogP contribution in [0.15, 0.2) is 23.8 Å². The van der Waals surface area contributed by atoms with Gasteiger partial charge in [-0.3, -0.25) is 0 Å². The second-order valence-electron chi connectivity index (χ2n) is 4.36. The summed E-state index contributed by atoms with van der Waals surface area (Å²) < 4.78 is 75.7. The second kappa shape index (κ2) is 5.87. The summed E-state index contributed by atoms with van der Waals surface area (Å²) in [6, 6.07) is 1.52. The summed E-state index contributed by atoms with van der Waals surface area (Å²) in [5.74, 6) is 0. The number of hydrogen-bond acceptors (Lipinski definition) is 1. The lowest BCUT2D eigenvalue weighted by Gasteiger charge is -2.13. The Morgan fingerprint density at radius 3 is 1.80 bits per heavy atom.